The summed E-state index contributed by atoms with van der Waals surface area (Å²) >= 11 is 0. The summed E-state index contributed by atoms with van der Waals surface area (Å²) in [7, 11) is 0. The first-order chi connectivity index (χ1) is 9.97. The van der Waals surface area contributed by atoms with Crippen molar-refractivity contribution in [2.24, 2.45) is 82.9 Å². The third kappa shape index (κ3) is 0.411. The minimum absolute atomic E-state index is 1.13. The van der Waals surface area contributed by atoms with Gasteiger partial charge in [0.15, 0.2) is 0 Å². The Kier molecular flexibility index (Phi) is 0.752. The zero-order valence-electron chi connectivity index (χ0n) is 11.5. The van der Waals surface area contributed by atoms with Crippen LogP contribution >= 0.6 is 0 Å². The van der Waals surface area contributed by atoms with E-state index in [0.717, 1.165) is 47.3 Å². The van der Waals surface area contributed by atoms with Crippen molar-refractivity contribution in [3.05, 3.63) is 22.3 Å². The predicted octanol–water partition coefficient (Wildman–Crippen LogP) is 3.12. The summed E-state index contributed by atoms with van der Waals surface area (Å²) in [5.41, 5.74) is 8.71. The summed E-state index contributed by atoms with van der Waals surface area (Å²) in [6.45, 7) is 0. The van der Waals surface area contributed by atoms with Crippen LogP contribution in [-0.2, 0) is 0 Å². The van der Waals surface area contributed by atoms with Gasteiger partial charge in [-0.2, -0.15) is 0 Å². The normalized spacial score (nSPS) is 85.2. The largest absolute Gasteiger partial charge is 0.0635 e. The Balaban J connectivity index is 1.57. The monoisotopic (exact) mass is 258 g/mol. The first-order valence-electron chi connectivity index (χ1n) is 9.44. The third-order valence-electron chi connectivity index (χ3n) is 11.2. The summed E-state index contributed by atoms with van der Waals surface area (Å²) in [6, 6.07) is 0. The summed E-state index contributed by atoms with van der Waals surface area (Å²) in [6.07, 6.45) is 3.28. The van der Waals surface area contributed by atoms with Gasteiger partial charge in [0.05, 0.1) is 0 Å². The third-order valence-corrected chi connectivity index (χ3v) is 11.2. The number of hydrogen-bond acceptors (Lipinski definition) is 0. The highest BCUT2D eigenvalue weighted by Gasteiger charge is 2.87. The average molecular weight is 258 g/mol. The molecule has 14 atom stereocenters. The van der Waals surface area contributed by atoms with Gasteiger partial charge in [-0.25, -0.2) is 0 Å². The Bertz CT molecular complexity index is 660. The molecule has 0 bridgehead atoms. The van der Waals surface area contributed by atoms with Crippen LogP contribution in [0.2, 0.25) is 0 Å². The van der Waals surface area contributed by atoms with Crippen LogP contribution in [0.3, 0.4) is 0 Å². The number of rotatable bonds is 0. The number of allylic oxidation sites excluding steroid dienone is 4. The second-order valence-electron chi connectivity index (χ2n) is 10.3. The lowest BCUT2D eigenvalue weighted by Gasteiger charge is -2.28. The van der Waals surface area contributed by atoms with Gasteiger partial charge in [-0.15, -0.1) is 0 Å². The molecule has 0 aromatic heterocycles. The van der Waals surface area contributed by atoms with Crippen molar-refractivity contribution in [1.82, 2.24) is 0 Å². The van der Waals surface area contributed by atoms with Crippen molar-refractivity contribution in [3.63, 3.8) is 0 Å². The minimum Gasteiger partial charge on any atom is -0.0635 e. The zero-order valence-corrected chi connectivity index (χ0v) is 11.5. The first kappa shape index (κ1) is 8.20. The Morgan fingerprint density at radius 1 is 0.400 bits per heavy atom. The van der Waals surface area contributed by atoms with Crippen LogP contribution in [0.25, 0.3) is 0 Å². The maximum absolute atomic E-state index is 2.19. The Hall–Kier alpha value is -0.520. The van der Waals surface area contributed by atoms with Crippen LogP contribution in [0.15, 0.2) is 22.3 Å². The second kappa shape index (κ2) is 1.83. The van der Waals surface area contributed by atoms with Crippen molar-refractivity contribution >= 4 is 0 Å². The van der Waals surface area contributed by atoms with Crippen molar-refractivity contribution < 1.29 is 0 Å². The fourth-order valence-electron chi connectivity index (χ4n) is 12.3. The van der Waals surface area contributed by atoms with Gasteiger partial charge >= 0.3 is 0 Å². The molecule has 6 saturated carbocycles. The fraction of sp³-hybridized carbons (Fsp3) is 0.800. The SMILES string of the molecule is C1[C@H]2C3=C4[C@@H]5C6C7[C@H]8C9=C([C@@H]%10C[C@@H]3[C@H]([C@@H]8%10)[C@@H]47)[C@H]1[C@H]([C@@H]52)[C@@H]96. The van der Waals surface area contributed by atoms with E-state index in [1.54, 1.807) is 12.8 Å². The number of hydrogen-bond donors (Lipinski definition) is 0. The van der Waals surface area contributed by atoms with Gasteiger partial charge in [-0.3, -0.25) is 0 Å². The van der Waals surface area contributed by atoms with Gasteiger partial charge in [0, 0.05) is 0 Å². The fourth-order valence-corrected chi connectivity index (χ4v) is 12.3. The summed E-state index contributed by atoms with van der Waals surface area (Å²) in [4.78, 5) is 0. The molecule has 0 aromatic rings. The van der Waals surface area contributed by atoms with Crippen LogP contribution in [0, 0.1) is 82.9 Å². The molecular weight excluding hydrogens is 240 g/mol. The molecule has 0 radical (unpaired) electrons. The van der Waals surface area contributed by atoms with Gasteiger partial charge in [0.25, 0.3) is 0 Å². The summed E-state index contributed by atoms with van der Waals surface area (Å²) in [5.74, 6) is 16.3. The lowest BCUT2D eigenvalue weighted by Crippen LogP contribution is -2.25. The Labute approximate surface area is 118 Å². The highest BCUT2D eigenvalue weighted by molar-refractivity contribution is 5.62. The van der Waals surface area contributed by atoms with E-state index in [4.69, 9.17) is 0 Å². The smallest absolute Gasteiger partial charge is 0.0123 e. The molecule has 98 valence electrons. The van der Waals surface area contributed by atoms with Gasteiger partial charge in [-0.1, -0.05) is 22.3 Å². The molecule has 0 amide bonds. The molecule has 0 nitrogen and oxygen atoms in total. The highest BCUT2D eigenvalue weighted by atomic mass is 14.9. The quantitative estimate of drug-likeness (QED) is 0.586. The molecule has 0 N–H and O–H groups in total. The molecule has 0 heteroatoms. The summed E-state index contributed by atoms with van der Waals surface area (Å²) < 4.78 is 0. The van der Waals surface area contributed by atoms with E-state index in [9.17, 15) is 0 Å². The van der Waals surface area contributed by atoms with Gasteiger partial charge in [0.2, 0.25) is 0 Å². The molecule has 0 heterocycles. The lowest BCUT2D eigenvalue weighted by atomic mass is 9.75. The maximum atomic E-state index is 2.19. The minimum atomic E-state index is 1.13. The molecule has 6 fully saturated rings. The van der Waals surface area contributed by atoms with Crippen LogP contribution in [0.5, 0.6) is 0 Å². The van der Waals surface area contributed by atoms with Crippen molar-refractivity contribution in [3.8, 4) is 0 Å². The molecule has 2 unspecified atom stereocenters. The van der Waals surface area contributed by atoms with Crippen molar-refractivity contribution in [2.75, 3.05) is 0 Å². The van der Waals surface area contributed by atoms with Crippen LogP contribution in [0.1, 0.15) is 12.8 Å². The lowest BCUT2D eigenvalue weighted by molar-refractivity contribution is 0.247. The van der Waals surface area contributed by atoms with E-state index in [-0.39, 0.29) is 0 Å². The Morgan fingerprint density at radius 2 is 0.750 bits per heavy atom. The summed E-state index contributed by atoms with van der Waals surface area (Å²) in [5, 5.41) is 0. The van der Waals surface area contributed by atoms with Gasteiger partial charge in [0.1, 0.15) is 0 Å². The molecule has 10 aliphatic rings. The number of fused-ring (bicyclic) bond motifs is 4. The molecule has 0 saturated heterocycles. The molecular formula is C20H18. The highest BCUT2D eigenvalue weighted by Crippen LogP contribution is 2.93. The predicted molar refractivity (Wildman–Crippen MR) is 72.1 cm³/mol. The first-order valence-corrected chi connectivity index (χ1v) is 9.44. The average Bonchev–Trinajstić information content (AvgIpc) is 3.11. The van der Waals surface area contributed by atoms with E-state index in [1.165, 1.54) is 35.5 Å². The Morgan fingerprint density at radius 3 is 1.10 bits per heavy atom. The van der Waals surface area contributed by atoms with Crippen LogP contribution in [-0.4, -0.2) is 0 Å². The second-order valence-corrected chi connectivity index (χ2v) is 10.3. The van der Waals surface area contributed by atoms with Crippen LogP contribution < -0.4 is 0 Å². The van der Waals surface area contributed by atoms with E-state index in [1.807, 2.05) is 0 Å². The van der Waals surface area contributed by atoms with Gasteiger partial charge < -0.3 is 0 Å². The molecule has 20 heavy (non-hydrogen) atoms. The maximum Gasteiger partial charge on any atom is -0.0123 e. The van der Waals surface area contributed by atoms with E-state index in [2.05, 4.69) is 22.3 Å². The zero-order chi connectivity index (χ0) is 11.8. The molecule has 10 rings (SSSR count). The van der Waals surface area contributed by atoms with E-state index < -0.39 is 0 Å². The molecule has 0 aliphatic heterocycles. The standard InChI is InChI=1S/C20H18/c1-3-7-5-2-6-8-4(1)10-9(3)15-13(7)17-11(5)12(6)18-14(8)16(10)19(15)20(17)18/h3-6,9-12,15-20H,1-2H2/t3-,4-,5-,6-,9-,10+,11+,12-,15+,16-,17-,18+,19?,20?/m0/s1. The van der Waals surface area contributed by atoms with E-state index >= 15 is 0 Å². The van der Waals surface area contributed by atoms with E-state index in [0.29, 0.717) is 0 Å². The molecule has 0 spiro atoms. The topological polar surface area (TPSA) is 0 Å². The van der Waals surface area contributed by atoms with Crippen molar-refractivity contribution in [1.29, 1.82) is 0 Å². The molecule has 10 aliphatic carbocycles. The van der Waals surface area contributed by atoms with Gasteiger partial charge in [-0.05, 0) is 95.7 Å². The van der Waals surface area contributed by atoms with Crippen LogP contribution in [0.4, 0.5) is 0 Å². The van der Waals surface area contributed by atoms with Crippen molar-refractivity contribution in [2.45, 2.75) is 12.8 Å². The molecule has 0 aromatic carbocycles.